The van der Waals surface area contributed by atoms with Gasteiger partial charge in [0.2, 0.25) is 0 Å². The Morgan fingerprint density at radius 3 is 1.67 bits per heavy atom. The van der Waals surface area contributed by atoms with Crippen molar-refractivity contribution in [2.75, 3.05) is 0 Å². The molecule has 0 aliphatic rings. The van der Waals surface area contributed by atoms with Crippen molar-refractivity contribution in [3.63, 3.8) is 0 Å². The second-order valence-corrected chi connectivity index (χ2v) is 2.42. The van der Waals surface area contributed by atoms with Crippen LogP contribution in [0.1, 0.15) is 12.8 Å². The standard InChI is InChI=1S/C6H7O7.2Ag/c7-3(8)1-6(13,5(11)12)2-4(9)10;;/h1-2H2,(H,7,8)(H,9,10)(H,11,12);;/q-1;2*+1/p-1. The zero-order valence-corrected chi connectivity index (χ0v) is 9.92. The summed E-state index contributed by atoms with van der Waals surface area (Å²) in [6.45, 7) is 0. The average Bonchev–Trinajstić information content (AvgIpc) is 1.82. The summed E-state index contributed by atoms with van der Waals surface area (Å²) in [7, 11) is 0. The molecule has 0 heterocycles. The van der Waals surface area contributed by atoms with Gasteiger partial charge in [-0.3, -0.25) is 9.59 Å². The van der Waals surface area contributed by atoms with E-state index >= 15 is 0 Å². The topological polar surface area (TPSA) is 138 Å². The minimum absolute atomic E-state index is 0. The molecule has 0 aliphatic carbocycles. The van der Waals surface area contributed by atoms with Crippen LogP contribution in [0.15, 0.2) is 0 Å². The van der Waals surface area contributed by atoms with Gasteiger partial charge in [-0.05, 0) is 6.42 Å². The van der Waals surface area contributed by atoms with E-state index in [0.29, 0.717) is 0 Å². The number of carboxylic acids is 3. The smallest absolute Gasteiger partial charge is 0.841 e. The van der Waals surface area contributed by atoms with E-state index in [0.717, 1.165) is 0 Å². The first-order valence-corrected chi connectivity index (χ1v) is 3.13. The van der Waals surface area contributed by atoms with E-state index in [1.54, 1.807) is 0 Å². The quantitative estimate of drug-likeness (QED) is 0.459. The fraction of sp³-hybridized carbons (Fsp3) is 0.500. The van der Waals surface area contributed by atoms with Gasteiger partial charge >= 0.3 is 50.7 Å². The van der Waals surface area contributed by atoms with Crippen molar-refractivity contribution >= 4 is 17.9 Å². The van der Waals surface area contributed by atoms with Gasteiger partial charge in [0.1, 0.15) is 0 Å². The largest absolute Gasteiger partial charge is 1.00 e. The number of hydrogen-bond donors (Lipinski definition) is 2. The predicted octanol–water partition coefficient (Wildman–Crippen LogP) is -3.22. The molecule has 15 heavy (non-hydrogen) atoms. The van der Waals surface area contributed by atoms with Crippen molar-refractivity contribution in [3.05, 3.63) is 0 Å². The van der Waals surface area contributed by atoms with E-state index in [2.05, 4.69) is 0 Å². The molecule has 7 nitrogen and oxygen atoms in total. The SMILES string of the molecule is O=C([O-])CC([O-])(CC(=O)O)C(=O)O.[Ag+].[Ag+]. The summed E-state index contributed by atoms with van der Waals surface area (Å²) in [5.74, 6) is -5.57. The van der Waals surface area contributed by atoms with E-state index in [9.17, 15) is 24.6 Å². The maximum absolute atomic E-state index is 11.0. The van der Waals surface area contributed by atoms with Gasteiger partial charge in [-0.1, -0.05) is 0 Å². The molecule has 0 aromatic rings. The number of carbonyl (C=O) groups is 3. The minimum atomic E-state index is -3.05. The van der Waals surface area contributed by atoms with E-state index in [1.807, 2.05) is 0 Å². The van der Waals surface area contributed by atoms with Gasteiger partial charge in [-0.15, -0.1) is 0 Å². The molecule has 1 atom stereocenters. The molecule has 0 aliphatic heterocycles. The molecule has 0 fully saturated rings. The molecule has 0 aromatic heterocycles. The molecule has 1 unspecified atom stereocenters. The first-order valence-electron chi connectivity index (χ1n) is 3.13. The number of rotatable bonds is 5. The molecule has 0 bridgehead atoms. The summed E-state index contributed by atoms with van der Waals surface area (Å²) < 4.78 is 0. The monoisotopic (exact) mass is 404 g/mol. The molecule has 0 saturated heterocycles. The molecular formula is C6H6Ag2O7. The summed E-state index contributed by atoms with van der Waals surface area (Å²) in [6.07, 6.45) is -2.66. The number of aliphatic carboxylic acids is 3. The van der Waals surface area contributed by atoms with Crippen LogP contribution in [-0.4, -0.2) is 33.7 Å². The zero-order chi connectivity index (χ0) is 10.6. The van der Waals surface area contributed by atoms with Crippen LogP contribution >= 0.6 is 0 Å². The third-order valence-electron chi connectivity index (χ3n) is 1.26. The second kappa shape index (κ2) is 8.06. The van der Waals surface area contributed by atoms with Crippen LogP contribution in [0, 0.1) is 0 Å². The Morgan fingerprint density at radius 2 is 1.47 bits per heavy atom. The van der Waals surface area contributed by atoms with Crippen molar-refractivity contribution in [3.8, 4) is 0 Å². The van der Waals surface area contributed by atoms with Crippen molar-refractivity contribution in [1.82, 2.24) is 0 Å². The van der Waals surface area contributed by atoms with Crippen LogP contribution in [0.3, 0.4) is 0 Å². The molecule has 0 rings (SSSR count). The van der Waals surface area contributed by atoms with Gasteiger partial charge in [0.05, 0.1) is 0 Å². The van der Waals surface area contributed by atoms with Gasteiger partial charge in [0.25, 0.3) is 5.97 Å². The van der Waals surface area contributed by atoms with E-state index in [4.69, 9.17) is 10.2 Å². The molecule has 0 spiro atoms. The normalized spacial score (nSPS) is 12.6. The molecule has 94 valence electrons. The first kappa shape index (κ1) is 20.3. The number of carboxylic acid groups (broad SMARTS) is 3. The molecule has 0 saturated carbocycles. The predicted molar refractivity (Wildman–Crippen MR) is 32.2 cm³/mol. The Balaban J connectivity index is -0.000000720. The van der Waals surface area contributed by atoms with E-state index in [1.165, 1.54) is 0 Å². The maximum atomic E-state index is 11.0. The Labute approximate surface area is 115 Å². The van der Waals surface area contributed by atoms with Crippen LogP contribution in [0.2, 0.25) is 0 Å². The average molecular weight is 406 g/mol. The van der Waals surface area contributed by atoms with Crippen LogP contribution in [-0.2, 0) is 59.1 Å². The maximum Gasteiger partial charge on any atom is 1.00 e. The zero-order valence-electron chi connectivity index (χ0n) is 6.95. The Morgan fingerprint density at radius 1 is 1.07 bits per heavy atom. The van der Waals surface area contributed by atoms with Crippen molar-refractivity contribution in [2.45, 2.75) is 18.4 Å². The summed E-state index contributed by atoms with van der Waals surface area (Å²) in [6, 6.07) is 0. The number of hydrogen-bond acceptors (Lipinski definition) is 5. The van der Waals surface area contributed by atoms with Crippen LogP contribution < -0.4 is 10.2 Å². The van der Waals surface area contributed by atoms with Gasteiger partial charge in [0.15, 0.2) is 0 Å². The van der Waals surface area contributed by atoms with Crippen LogP contribution in [0.25, 0.3) is 0 Å². The van der Waals surface area contributed by atoms with Crippen molar-refractivity contribution in [1.29, 1.82) is 0 Å². The molecule has 2 N–H and O–H groups in total. The van der Waals surface area contributed by atoms with E-state index < -0.39 is 36.4 Å². The summed E-state index contributed by atoms with van der Waals surface area (Å²) in [5, 5.41) is 37.4. The van der Waals surface area contributed by atoms with Gasteiger partial charge in [0, 0.05) is 18.0 Å². The summed E-state index contributed by atoms with van der Waals surface area (Å²) in [4.78, 5) is 30.2. The Bertz CT molecular complexity index is 236. The fourth-order valence-corrected chi connectivity index (χ4v) is 0.691. The van der Waals surface area contributed by atoms with Crippen LogP contribution in [0.5, 0.6) is 0 Å². The first-order chi connectivity index (χ1) is 5.78. The minimum Gasteiger partial charge on any atom is -0.841 e. The van der Waals surface area contributed by atoms with Gasteiger partial charge in [-0.25, -0.2) is 0 Å². The van der Waals surface area contributed by atoms with Crippen LogP contribution in [0.4, 0.5) is 0 Å². The summed E-state index contributed by atoms with van der Waals surface area (Å²) >= 11 is 0. The number of carbonyl (C=O) groups excluding carboxylic acids is 1. The molecule has 9 heteroatoms. The van der Waals surface area contributed by atoms with E-state index in [-0.39, 0.29) is 44.8 Å². The van der Waals surface area contributed by atoms with Gasteiger partial charge in [-0.2, -0.15) is 0 Å². The molecule has 0 amide bonds. The molecule has 0 radical (unpaired) electrons. The Hall–Kier alpha value is -0.149. The van der Waals surface area contributed by atoms with Crippen molar-refractivity contribution < 1.29 is 79.6 Å². The third-order valence-corrected chi connectivity index (χ3v) is 1.26. The Kier molecular flexibility index (Phi) is 10.9. The third kappa shape index (κ3) is 7.74. The fourth-order valence-electron chi connectivity index (χ4n) is 0.691. The molecular weight excluding hydrogens is 400 g/mol. The van der Waals surface area contributed by atoms with Gasteiger partial charge < -0.3 is 25.2 Å². The summed E-state index contributed by atoms with van der Waals surface area (Å²) in [5.41, 5.74) is -3.05. The second-order valence-electron chi connectivity index (χ2n) is 2.42. The molecule has 0 aromatic carbocycles. The van der Waals surface area contributed by atoms with Crippen molar-refractivity contribution in [2.24, 2.45) is 0 Å².